The summed E-state index contributed by atoms with van der Waals surface area (Å²) < 4.78 is 0. The lowest BCUT2D eigenvalue weighted by Gasteiger charge is -2.27. The van der Waals surface area contributed by atoms with Crippen LogP contribution >= 0.6 is 23.1 Å². The maximum absolute atomic E-state index is 12.5. The predicted molar refractivity (Wildman–Crippen MR) is 104 cm³/mol. The molecule has 1 aromatic heterocycles. The zero-order valence-corrected chi connectivity index (χ0v) is 15.9. The first-order valence-electron chi connectivity index (χ1n) is 8.23. The molecule has 132 valence electrons. The number of fused-ring (bicyclic) bond motifs is 1. The Hall–Kier alpha value is -1.99. The molecule has 1 aromatic carbocycles. The second kappa shape index (κ2) is 7.93. The van der Waals surface area contributed by atoms with Gasteiger partial charge in [-0.15, -0.1) is 23.1 Å². The van der Waals surface area contributed by atoms with Gasteiger partial charge in [0.2, 0.25) is 0 Å². The molecule has 25 heavy (non-hydrogen) atoms. The highest BCUT2D eigenvalue weighted by molar-refractivity contribution is 7.99. The Morgan fingerprint density at radius 1 is 1.28 bits per heavy atom. The first-order chi connectivity index (χ1) is 12.1. The van der Waals surface area contributed by atoms with Gasteiger partial charge in [0.1, 0.15) is 0 Å². The third-order valence-electron chi connectivity index (χ3n) is 4.02. The zero-order valence-electron chi connectivity index (χ0n) is 14.3. The Morgan fingerprint density at radius 3 is 2.72 bits per heavy atom. The standard InChI is InChI=1S/C18H21N3O2S2/c1-3-24-14-6-4-13(5-7-14)20-18(23)21-9-8-15-12(11-21)10-16(25-15)17(22)19-2/h4-7,10H,3,8-9,11H2,1-2H3,(H,19,22)(H,20,23). The number of hydrogen-bond donors (Lipinski definition) is 2. The van der Waals surface area contributed by atoms with Gasteiger partial charge in [-0.25, -0.2) is 4.79 Å². The number of amides is 3. The molecule has 0 saturated heterocycles. The van der Waals surface area contributed by atoms with Crippen LogP contribution in [0.3, 0.4) is 0 Å². The van der Waals surface area contributed by atoms with Gasteiger partial charge >= 0.3 is 6.03 Å². The van der Waals surface area contributed by atoms with E-state index in [0.29, 0.717) is 18.0 Å². The van der Waals surface area contributed by atoms with Crippen LogP contribution in [0.1, 0.15) is 27.0 Å². The summed E-state index contributed by atoms with van der Waals surface area (Å²) in [5, 5.41) is 5.60. The van der Waals surface area contributed by atoms with Gasteiger partial charge in [0, 0.05) is 35.6 Å². The van der Waals surface area contributed by atoms with E-state index < -0.39 is 0 Å². The molecule has 0 aliphatic carbocycles. The fraction of sp³-hybridized carbons (Fsp3) is 0.333. The largest absolute Gasteiger partial charge is 0.354 e. The molecule has 0 radical (unpaired) electrons. The fourth-order valence-electron chi connectivity index (χ4n) is 2.75. The van der Waals surface area contributed by atoms with E-state index in [2.05, 4.69) is 17.6 Å². The van der Waals surface area contributed by atoms with Crippen molar-refractivity contribution >= 4 is 40.7 Å². The van der Waals surface area contributed by atoms with E-state index in [1.54, 1.807) is 23.7 Å². The Balaban J connectivity index is 1.64. The lowest BCUT2D eigenvalue weighted by Crippen LogP contribution is -2.38. The summed E-state index contributed by atoms with van der Waals surface area (Å²) in [4.78, 5) is 29.2. The van der Waals surface area contributed by atoms with E-state index in [1.165, 1.54) is 21.1 Å². The Morgan fingerprint density at radius 2 is 2.04 bits per heavy atom. The zero-order chi connectivity index (χ0) is 17.8. The molecule has 3 rings (SSSR count). The molecule has 0 bridgehead atoms. The molecule has 0 fully saturated rings. The molecule has 1 aliphatic rings. The highest BCUT2D eigenvalue weighted by Gasteiger charge is 2.24. The van der Waals surface area contributed by atoms with Crippen molar-refractivity contribution in [1.82, 2.24) is 10.2 Å². The number of carbonyl (C=O) groups is 2. The van der Waals surface area contributed by atoms with Crippen molar-refractivity contribution < 1.29 is 9.59 Å². The van der Waals surface area contributed by atoms with Gasteiger partial charge < -0.3 is 15.5 Å². The Labute approximate surface area is 155 Å². The average Bonchev–Trinajstić information content (AvgIpc) is 3.06. The molecular weight excluding hydrogens is 354 g/mol. The molecular formula is C18H21N3O2S2. The fourth-order valence-corrected chi connectivity index (χ4v) is 4.52. The molecule has 2 heterocycles. The number of thioether (sulfide) groups is 1. The number of urea groups is 1. The average molecular weight is 376 g/mol. The maximum Gasteiger partial charge on any atom is 0.322 e. The summed E-state index contributed by atoms with van der Waals surface area (Å²) in [6.45, 7) is 3.32. The molecule has 0 spiro atoms. The molecule has 7 heteroatoms. The van der Waals surface area contributed by atoms with Crippen molar-refractivity contribution in [2.75, 3.05) is 24.7 Å². The number of thiophene rings is 1. The number of benzene rings is 1. The third-order valence-corrected chi connectivity index (χ3v) is 6.15. The monoisotopic (exact) mass is 375 g/mol. The van der Waals surface area contributed by atoms with Gasteiger partial charge in [-0.2, -0.15) is 0 Å². The highest BCUT2D eigenvalue weighted by atomic mass is 32.2. The summed E-state index contributed by atoms with van der Waals surface area (Å²) >= 11 is 3.29. The van der Waals surface area contributed by atoms with Crippen LogP contribution in [0.15, 0.2) is 35.2 Å². The predicted octanol–water partition coefficient (Wildman–Crippen LogP) is 3.81. The van der Waals surface area contributed by atoms with E-state index in [0.717, 1.165) is 23.4 Å². The van der Waals surface area contributed by atoms with E-state index >= 15 is 0 Å². The summed E-state index contributed by atoms with van der Waals surface area (Å²) in [5.41, 5.74) is 1.87. The van der Waals surface area contributed by atoms with Crippen LogP contribution in [0.5, 0.6) is 0 Å². The SMILES string of the molecule is CCSc1ccc(NC(=O)N2CCc3sc(C(=O)NC)cc3C2)cc1. The van der Waals surface area contributed by atoms with Crippen molar-refractivity contribution in [1.29, 1.82) is 0 Å². The van der Waals surface area contributed by atoms with Gasteiger partial charge in [0.05, 0.1) is 4.88 Å². The number of anilines is 1. The van der Waals surface area contributed by atoms with Gasteiger partial charge in [-0.05, 0) is 48.1 Å². The van der Waals surface area contributed by atoms with Crippen LogP contribution in [0.2, 0.25) is 0 Å². The topological polar surface area (TPSA) is 61.4 Å². The van der Waals surface area contributed by atoms with E-state index in [1.807, 2.05) is 30.3 Å². The first kappa shape index (κ1) is 17.8. The van der Waals surface area contributed by atoms with Crippen LogP contribution in [0, 0.1) is 0 Å². The van der Waals surface area contributed by atoms with Crippen molar-refractivity contribution in [2.45, 2.75) is 24.8 Å². The molecule has 5 nitrogen and oxygen atoms in total. The molecule has 3 amide bonds. The number of nitrogens with zero attached hydrogens (tertiary/aromatic N) is 1. The summed E-state index contributed by atoms with van der Waals surface area (Å²) in [6, 6.07) is 9.70. The number of carbonyl (C=O) groups excluding carboxylic acids is 2. The molecule has 0 atom stereocenters. The Bertz CT molecular complexity index is 771. The molecule has 0 unspecified atom stereocenters. The molecule has 1 aliphatic heterocycles. The van der Waals surface area contributed by atoms with E-state index in [4.69, 9.17) is 0 Å². The van der Waals surface area contributed by atoms with Crippen LogP contribution in [-0.2, 0) is 13.0 Å². The van der Waals surface area contributed by atoms with Crippen molar-refractivity contribution in [2.24, 2.45) is 0 Å². The number of rotatable bonds is 4. The second-order valence-electron chi connectivity index (χ2n) is 5.70. The smallest absolute Gasteiger partial charge is 0.322 e. The summed E-state index contributed by atoms with van der Waals surface area (Å²) in [6.07, 6.45) is 0.788. The van der Waals surface area contributed by atoms with Crippen LogP contribution in [0.4, 0.5) is 10.5 Å². The first-order valence-corrected chi connectivity index (χ1v) is 10.0. The molecule has 2 aromatic rings. The van der Waals surface area contributed by atoms with Crippen molar-refractivity contribution in [3.05, 3.63) is 45.6 Å². The van der Waals surface area contributed by atoms with E-state index in [-0.39, 0.29) is 11.9 Å². The minimum absolute atomic E-state index is 0.0690. The van der Waals surface area contributed by atoms with Crippen molar-refractivity contribution in [3.8, 4) is 0 Å². The lowest BCUT2D eigenvalue weighted by atomic mass is 10.1. The summed E-state index contributed by atoms with van der Waals surface area (Å²) in [7, 11) is 1.63. The third kappa shape index (κ3) is 4.16. The molecule has 0 saturated carbocycles. The number of hydrogen-bond acceptors (Lipinski definition) is 4. The lowest BCUT2D eigenvalue weighted by molar-refractivity contribution is 0.0967. The van der Waals surface area contributed by atoms with Crippen LogP contribution < -0.4 is 10.6 Å². The Kier molecular flexibility index (Phi) is 5.65. The quantitative estimate of drug-likeness (QED) is 0.799. The summed E-state index contributed by atoms with van der Waals surface area (Å²) in [5.74, 6) is 0.959. The maximum atomic E-state index is 12.5. The molecule has 2 N–H and O–H groups in total. The van der Waals surface area contributed by atoms with E-state index in [9.17, 15) is 9.59 Å². The highest BCUT2D eigenvalue weighted by Crippen LogP contribution is 2.28. The van der Waals surface area contributed by atoms with Gasteiger partial charge in [-0.3, -0.25) is 4.79 Å². The minimum atomic E-state index is -0.103. The number of nitrogens with one attached hydrogen (secondary N) is 2. The van der Waals surface area contributed by atoms with Crippen molar-refractivity contribution in [3.63, 3.8) is 0 Å². The van der Waals surface area contributed by atoms with Gasteiger partial charge in [0.15, 0.2) is 0 Å². The van der Waals surface area contributed by atoms with Gasteiger partial charge in [-0.1, -0.05) is 6.92 Å². The minimum Gasteiger partial charge on any atom is -0.354 e. The second-order valence-corrected chi connectivity index (χ2v) is 8.17. The van der Waals surface area contributed by atoms with Gasteiger partial charge in [0.25, 0.3) is 5.91 Å². The normalized spacial score (nSPS) is 13.3. The van der Waals surface area contributed by atoms with Crippen LogP contribution in [-0.4, -0.2) is 36.2 Å². The van der Waals surface area contributed by atoms with Crippen LogP contribution in [0.25, 0.3) is 0 Å².